The first-order valence-electron chi connectivity index (χ1n) is 12.4. The second-order valence-corrected chi connectivity index (χ2v) is 9.99. The molecule has 1 aliphatic rings. The third-order valence-electron chi connectivity index (χ3n) is 6.02. The van der Waals surface area contributed by atoms with Crippen molar-refractivity contribution >= 4 is 18.0 Å². The van der Waals surface area contributed by atoms with E-state index in [2.05, 4.69) is 17.6 Å². The number of carbonyl (C=O) groups excluding carboxylic acids is 3. The summed E-state index contributed by atoms with van der Waals surface area (Å²) in [6.45, 7) is 5.58. The van der Waals surface area contributed by atoms with Gasteiger partial charge in [-0.15, -0.1) is 0 Å². The summed E-state index contributed by atoms with van der Waals surface area (Å²) in [6.07, 6.45) is -0.928. The molecular formula is C30H32N2O5. The summed E-state index contributed by atoms with van der Waals surface area (Å²) in [6, 6.07) is 25.5. The van der Waals surface area contributed by atoms with Crippen LogP contribution in [0.3, 0.4) is 0 Å². The number of carbonyl (C=O) groups is 3. The molecule has 0 saturated carbocycles. The number of esters is 1. The van der Waals surface area contributed by atoms with Gasteiger partial charge < -0.3 is 9.47 Å². The highest BCUT2D eigenvalue weighted by atomic mass is 16.6. The van der Waals surface area contributed by atoms with E-state index in [1.165, 1.54) is 5.01 Å². The summed E-state index contributed by atoms with van der Waals surface area (Å²) in [4.78, 5) is 37.9. The fourth-order valence-corrected chi connectivity index (χ4v) is 4.43. The molecule has 3 aromatic carbocycles. The lowest BCUT2D eigenvalue weighted by atomic mass is 9.98. The van der Waals surface area contributed by atoms with E-state index in [1.807, 2.05) is 66.7 Å². The van der Waals surface area contributed by atoms with E-state index in [4.69, 9.17) is 9.47 Å². The molecule has 7 heteroatoms. The molecule has 0 unspecified atom stereocenters. The highest BCUT2D eigenvalue weighted by molar-refractivity contribution is 5.83. The van der Waals surface area contributed by atoms with Gasteiger partial charge in [0.25, 0.3) is 0 Å². The molecule has 4 rings (SSSR count). The molecule has 0 radical (unpaired) electrons. The average Bonchev–Trinajstić information content (AvgIpc) is 3.19. The predicted octanol–water partition coefficient (Wildman–Crippen LogP) is 5.59. The van der Waals surface area contributed by atoms with Gasteiger partial charge in [-0.2, -0.15) is 0 Å². The second kappa shape index (κ2) is 11.3. The standard InChI is InChI=1S/C30H32N2O5/c1-30(2,3)37-28(34)18-17-27(33)32(19-21-11-5-4-6-12-21)31-29(35)36-20-26-24-15-9-7-13-22(24)23-14-8-10-16-25(23)26/h4-16,26H,17-20H2,1-3H3,(H,31,35). The minimum Gasteiger partial charge on any atom is -0.460 e. The molecule has 3 aromatic rings. The largest absolute Gasteiger partial charge is 0.460 e. The van der Waals surface area contributed by atoms with Gasteiger partial charge in [-0.1, -0.05) is 78.9 Å². The van der Waals surface area contributed by atoms with E-state index in [0.717, 1.165) is 27.8 Å². The van der Waals surface area contributed by atoms with Crippen LogP contribution in [0, 0.1) is 0 Å². The quantitative estimate of drug-likeness (QED) is 0.338. The summed E-state index contributed by atoms with van der Waals surface area (Å²) in [5, 5.41) is 1.19. The van der Waals surface area contributed by atoms with Crippen molar-refractivity contribution in [3.05, 3.63) is 95.6 Å². The number of benzene rings is 3. The molecule has 0 aromatic heterocycles. The molecule has 0 spiro atoms. The molecule has 0 saturated heterocycles. The zero-order chi connectivity index (χ0) is 26.4. The lowest BCUT2D eigenvalue weighted by Gasteiger charge is -2.24. The fourth-order valence-electron chi connectivity index (χ4n) is 4.43. The molecular weight excluding hydrogens is 468 g/mol. The maximum Gasteiger partial charge on any atom is 0.426 e. The monoisotopic (exact) mass is 500 g/mol. The third kappa shape index (κ3) is 6.76. The van der Waals surface area contributed by atoms with Crippen molar-refractivity contribution in [2.75, 3.05) is 6.61 Å². The van der Waals surface area contributed by atoms with E-state index >= 15 is 0 Å². The lowest BCUT2D eigenvalue weighted by molar-refractivity contribution is -0.156. The number of hydrogen-bond acceptors (Lipinski definition) is 5. The Morgan fingerprint density at radius 2 is 1.38 bits per heavy atom. The number of nitrogens with zero attached hydrogens (tertiary/aromatic N) is 1. The Labute approximate surface area is 217 Å². The smallest absolute Gasteiger partial charge is 0.426 e. The number of amides is 2. The lowest BCUT2D eigenvalue weighted by Crippen LogP contribution is -2.46. The Bertz CT molecular complexity index is 1220. The van der Waals surface area contributed by atoms with Crippen LogP contribution in [0.5, 0.6) is 0 Å². The van der Waals surface area contributed by atoms with Crippen LogP contribution in [-0.4, -0.2) is 35.2 Å². The SMILES string of the molecule is CC(C)(C)OC(=O)CCC(=O)N(Cc1ccccc1)NC(=O)OCC1c2ccccc2-c2ccccc21. The molecule has 0 aliphatic heterocycles. The maximum atomic E-state index is 13.0. The molecule has 37 heavy (non-hydrogen) atoms. The van der Waals surface area contributed by atoms with Gasteiger partial charge in [0.05, 0.1) is 13.0 Å². The van der Waals surface area contributed by atoms with E-state index in [-0.39, 0.29) is 31.9 Å². The minimum atomic E-state index is -0.733. The summed E-state index contributed by atoms with van der Waals surface area (Å²) in [7, 11) is 0. The number of hydrogen-bond donors (Lipinski definition) is 1. The van der Waals surface area contributed by atoms with Crippen LogP contribution >= 0.6 is 0 Å². The Morgan fingerprint density at radius 3 is 1.97 bits per heavy atom. The zero-order valence-electron chi connectivity index (χ0n) is 21.4. The maximum absolute atomic E-state index is 13.0. The second-order valence-electron chi connectivity index (χ2n) is 9.99. The molecule has 192 valence electrons. The summed E-state index contributed by atoms with van der Waals surface area (Å²) in [5.41, 5.74) is 7.24. The van der Waals surface area contributed by atoms with Gasteiger partial charge in [-0.3, -0.25) is 9.59 Å². The summed E-state index contributed by atoms with van der Waals surface area (Å²) in [5.74, 6) is -0.978. The van der Waals surface area contributed by atoms with Crippen LogP contribution in [0.1, 0.15) is 56.2 Å². The third-order valence-corrected chi connectivity index (χ3v) is 6.02. The van der Waals surface area contributed by atoms with Crippen molar-refractivity contribution in [3.8, 4) is 11.1 Å². The van der Waals surface area contributed by atoms with Gasteiger partial charge in [0.1, 0.15) is 12.2 Å². The molecule has 7 nitrogen and oxygen atoms in total. The number of hydrazine groups is 1. The first-order chi connectivity index (χ1) is 17.7. The van der Waals surface area contributed by atoms with Crippen LogP contribution in [0.2, 0.25) is 0 Å². The average molecular weight is 501 g/mol. The topological polar surface area (TPSA) is 84.9 Å². The van der Waals surface area contributed by atoms with Gasteiger partial charge in [0.2, 0.25) is 5.91 Å². The highest BCUT2D eigenvalue weighted by Gasteiger charge is 2.29. The molecule has 0 bridgehead atoms. The van der Waals surface area contributed by atoms with E-state index in [1.54, 1.807) is 20.8 Å². The van der Waals surface area contributed by atoms with Crippen LogP contribution in [0.15, 0.2) is 78.9 Å². The van der Waals surface area contributed by atoms with Crippen LogP contribution in [0.4, 0.5) is 4.79 Å². The first-order valence-corrected chi connectivity index (χ1v) is 12.4. The van der Waals surface area contributed by atoms with Crippen molar-refractivity contribution < 1.29 is 23.9 Å². The summed E-state index contributed by atoms with van der Waals surface area (Å²) >= 11 is 0. The van der Waals surface area contributed by atoms with Gasteiger partial charge in [0, 0.05) is 12.3 Å². The highest BCUT2D eigenvalue weighted by Crippen LogP contribution is 2.44. The Morgan fingerprint density at radius 1 is 0.811 bits per heavy atom. The van der Waals surface area contributed by atoms with Crippen molar-refractivity contribution in [2.24, 2.45) is 0 Å². The van der Waals surface area contributed by atoms with E-state index in [0.29, 0.717) is 0 Å². The first kappa shape index (κ1) is 25.9. The van der Waals surface area contributed by atoms with Gasteiger partial charge in [0.15, 0.2) is 0 Å². The Balaban J connectivity index is 1.41. The Kier molecular flexibility index (Phi) is 7.92. The van der Waals surface area contributed by atoms with Crippen molar-refractivity contribution in [1.82, 2.24) is 10.4 Å². The van der Waals surface area contributed by atoms with Crippen molar-refractivity contribution in [3.63, 3.8) is 0 Å². The van der Waals surface area contributed by atoms with Crippen LogP contribution < -0.4 is 5.43 Å². The molecule has 2 amide bonds. The molecule has 0 fully saturated rings. The Hall–Kier alpha value is -4.13. The molecule has 0 heterocycles. The van der Waals surface area contributed by atoms with E-state index < -0.39 is 23.6 Å². The number of fused-ring (bicyclic) bond motifs is 3. The molecule has 1 N–H and O–H groups in total. The normalized spacial score (nSPS) is 12.3. The van der Waals surface area contributed by atoms with Crippen LogP contribution in [0.25, 0.3) is 11.1 Å². The van der Waals surface area contributed by atoms with E-state index in [9.17, 15) is 14.4 Å². The van der Waals surface area contributed by atoms with Gasteiger partial charge >= 0.3 is 12.1 Å². The summed E-state index contributed by atoms with van der Waals surface area (Å²) < 4.78 is 10.9. The number of nitrogens with one attached hydrogen (secondary N) is 1. The number of ether oxygens (including phenoxy) is 2. The molecule has 0 atom stereocenters. The zero-order valence-corrected chi connectivity index (χ0v) is 21.4. The van der Waals surface area contributed by atoms with Crippen LogP contribution in [-0.2, 0) is 25.6 Å². The molecule has 1 aliphatic carbocycles. The number of rotatable bonds is 7. The van der Waals surface area contributed by atoms with Crippen molar-refractivity contribution in [1.29, 1.82) is 0 Å². The van der Waals surface area contributed by atoms with Gasteiger partial charge in [-0.25, -0.2) is 15.2 Å². The minimum absolute atomic E-state index is 0.0895. The fraction of sp³-hybridized carbons (Fsp3) is 0.300. The predicted molar refractivity (Wildman–Crippen MR) is 140 cm³/mol. The van der Waals surface area contributed by atoms with Gasteiger partial charge in [-0.05, 0) is 48.6 Å². The van der Waals surface area contributed by atoms with Crippen molar-refractivity contribution in [2.45, 2.75) is 51.7 Å².